The molecule has 0 amide bonds. The summed E-state index contributed by atoms with van der Waals surface area (Å²) in [5, 5.41) is 1.72. The quantitative estimate of drug-likeness (QED) is 0.431. The number of hydrogen-bond acceptors (Lipinski definition) is 7. The summed E-state index contributed by atoms with van der Waals surface area (Å²) < 4.78 is 32.5. The van der Waals surface area contributed by atoms with E-state index >= 15 is 0 Å². The van der Waals surface area contributed by atoms with Crippen molar-refractivity contribution in [3.05, 3.63) is 35.9 Å². The molecule has 0 aliphatic rings. The minimum Gasteiger partial charge on any atom is -0.490 e. The van der Waals surface area contributed by atoms with E-state index in [2.05, 4.69) is 4.52 Å². The maximum absolute atomic E-state index is 11.9. The monoisotopic (exact) mass is 425 g/mol. The molecule has 0 saturated carbocycles. The van der Waals surface area contributed by atoms with Crippen LogP contribution in [0.5, 0.6) is 5.75 Å². The Labute approximate surface area is 170 Å². The normalized spacial score (nSPS) is 14.4. The number of carbonyl (C=O) groups excluding carboxylic acids is 1. The first kappa shape index (κ1) is 23.3. The highest BCUT2D eigenvalue weighted by atomic mass is 31.2. The molecular weight excluding hydrogens is 397 g/mol. The molecule has 0 bridgehead atoms. The van der Waals surface area contributed by atoms with Gasteiger partial charge in [0.25, 0.3) is 0 Å². The molecule has 0 saturated heterocycles. The highest BCUT2D eigenvalue weighted by Crippen LogP contribution is 2.43. The van der Waals surface area contributed by atoms with Crippen molar-refractivity contribution in [3.8, 4) is 5.75 Å². The predicted molar refractivity (Wildman–Crippen MR) is 112 cm³/mol. The molecule has 0 radical (unpaired) electrons. The lowest BCUT2D eigenvalue weighted by Crippen LogP contribution is -2.25. The summed E-state index contributed by atoms with van der Waals surface area (Å²) in [6.45, 7) is 3.03. The topological polar surface area (TPSA) is 94.5 Å². The second-order valence-corrected chi connectivity index (χ2v) is 8.13. The summed E-state index contributed by atoms with van der Waals surface area (Å²) in [6, 6.07) is 9.39. The number of carbonyl (C=O) groups is 1. The van der Waals surface area contributed by atoms with Gasteiger partial charge in [-0.2, -0.15) is 0 Å². The number of phosphoric ester groups is 1. The van der Waals surface area contributed by atoms with E-state index in [1.54, 1.807) is 13.0 Å². The first-order valence-electron chi connectivity index (χ1n) is 9.20. The average molecular weight is 425 g/mol. The van der Waals surface area contributed by atoms with Crippen LogP contribution in [0.15, 0.2) is 30.3 Å². The van der Waals surface area contributed by atoms with Gasteiger partial charge in [-0.05, 0) is 43.5 Å². The van der Waals surface area contributed by atoms with Crippen LogP contribution in [0.4, 0.5) is 5.69 Å². The molecule has 0 aromatic heterocycles. The van der Waals surface area contributed by atoms with Gasteiger partial charge in [0.15, 0.2) is 5.78 Å². The fourth-order valence-corrected chi connectivity index (χ4v) is 3.41. The molecule has 160 valence electrons. The van der Waals surface area contributed by atoms with Crippen molar-refractivity contribution in [1.29, 1.82) is 0 Å². The van der Waals surface area contributed by atoms with E-state index in [0.29, 0.717) is 11.3 Å². The molecule has 2 aromatic rings. The molecule has 0 aliphatic heterocycles. The van der Waals surface area contributed by atoms with Crippen LogP contribution in [-0.2, 0) is 18.3 Å². The molecule has 8 nitrogen and oxygen atoms in total. The molecule has 0 spiro atoms. The van der Waals surface area contributed by atoms with E-state index in [-0.39, 0.29) is 25.6 Å². The highest BCUT2D eigenvalue weighted by molar-refractivity contribution is 7.47. The van der Waals surface area contributed by atoms with Crippen molar-refractivity contribution in [2.24, 2.45) is 0 Å². The summed E-state index contributed by atoms with van der Waals surface area (Å²) in [6.07, 6.45) is -0.607. The summed E-state index contributed by atoms with van der Waals surface area (Å²) >= 11 is 0. The summed E-state index contributed by atoms with van der Waals surface area (Å²) in [5.41, 5.74) is 1.52. The van der Waals surface area contributed by atoms with Gasteiger partial charge in [-0.25, -0.2) is 4.57 Å². The molecule has 2 rings (SSSR count). The van der Waals surface area contributed by atoms with Gasteiger partial charge >= 0.3 is 7.82 Å². The molecule has 2 atom stereocenters. The van der Waals surface area contributed by atoms with Crippen LogP contribution in [-0.4, -0.2) is 57.8 Å². The van der Waals surface area contributed by atoms with Gasteiger partial charge in [0, 0.05) is 37.8 Å². The zero-order valence-corrected chi connectivity index (χ0v) is 18.3. The van der Waals surface area contributed by atoms with Crippen LogP contribution in [0, 0.1) is 0 Å². The molecular formula is C20H28NO7P. The second-order valence-electron chi connectivity index (χ2n) is 6.68. The number of Topliss-reactive ketones (excluding diaryl/α,β-unsaturated/α-hetero) is 1. The molecule has 2 aromatic carbocycles. The van der Waals surface area contributed by atoms with Crippen molar-refractivity contribution in [2.75, 3.05) is 45.9 Å². The smallest absolute Gasteiger partial charge is 0.472 e. The Bertz CT molecular complexity index is 900. The molecule has 9 heteroatoms. The zero-order chi connectivity index (χ0) is 21.6. The highest BCUT2D eigenvalue weighted by Gasteiger charge is 2.23. The Balaban J connectivity index is 2.24. The first-order chi connectivity index (χ1) is 13.7. The number of methoxy groups -OCH3 is 1. The van der Waals surface area contributed by atoms with Crippen LogP contribution in [0.2, 0.25) is 0 Å². The van der Waals surface area contributed by atoms with Crippen molar-refractivity contribution in [1.82, 2.24) is 0 Å². The van der Waals surface area contributed by atoms with Gasteiger partial charge in [0.2, 0.25) is 0 Å². The Morgan fingerprint density at radius 1 is 1.17 bits per heavy atom. The van der Waals surface area contributed by atoms with Crippen molar-refractivity contribution in [3.63, 3.8) is 0 Å². The van der Waals surface area contributed by atoms with E-state index in [1.165, 1.54) is 14.0 Å². The molecule has 2 unspecified atom stereocenters. The van der Waals surface area contributed by atoms with Gasteiger partial charge in [-0.3, -0.25) is 13.8 Å². The Kier molecular flexibility index (Phi) is 8.19. The Morgan fingerprint density at radius 3 is 2.48 bits per heavy atom. The second kappa shape index (κ2) is 10.2. The standard InChI is InChI=1S/C20H28NO7P/c1-6-27-29(23,24)28-13-18(25-5)12-26-20-10-16(14(2)22)9-15-7-8-17(21(3)4)11-19(15)20/h7-11,18H,6,12-13H2,1-5H3,(H,23,24). The van der Waals surface area contributed by atoms with E-state index in [0.717, 1.165) is 16.5 Å². The minimum absolute atomic E-state index is 0.0555. The van der Waals surface area contributed by atoms with Gasteiger partial charge < -0.3 is 19.3 Å². The average Bonchev–Trinajstić information content (AvgIpc) is 2.67. The Hall–Kier alpha value is -1.96. The fraction of sp³-hybridized carbons (Fsp3) is 0.450. The molecule has 1 N–H and O–H groups in total. The predicted octanol–water partition coefficient (Wildman–Crippen LogP) is 3.66. The van der Waals surface area contributed by atoms with Gasteiger partial charge in [-0.1, -0.05) is 6.07 Å². The van der Waals surface area contributed by atoms with E-state index in [4.69, 9.17) is 14.0 Å². The third kappa shape index (κ3) is 6.52. The van der Waals surface area contributed by atoms with Crippen molar-refractivity contribution >= 4 is 30.1 Å². The fourth-order valence-electron chi connectivity index (χ4n) is 2.66. The number of anilines is 1. The van der Waals surface area contributed by atoms with Gasteiger partial charge in [0.05, 0.1) is 13.2 Å². The van der Waals surface area contributed by atoms with Crippen LogP contribution in [0.3, 0.4) is 0 Å². The number of fused-ring (bicyclic) bond motifs is 1. The van der Waals surface area contributed by atoms with E-state index in [9.17, 15) is 14.3 Å². The lowest BCUT2D eigenvalue weighted by Gasteiger charge is -2.20. The van der Waals surface area contributed by atoms with E-state index in [1.807, 2.05) is 43.3 Å². The zero-order valence-electron chi connectivity index (χ0n) is 17.4. The largest absolute Gasteiger partial charge is 0.490 e. The maximum Gasteiger partial charge on any atom is 0.472 e. The third-order valence-electron chi connectivity index (χ3n) is 4.30. The lowest BCUT2D eigenvalue weighted by atomic mass is 10.0. The number of rotatable bonds is 11. The molecule has 0 fully saturated rings. The van der Waals surface area contributed by atoms with Crippen molar-refractivity contribution in [2.45, 2.75) is 20.0 Å². The van der Waals surface area contributed by atoms with Crippen LogP contribution in [0.25, 0.3) is 10.8 Å². The molecule has 29 heavy (non-hydrogen) atoms. The number of benzene rings is 2. The number of hydrogen-bond donors (Lipinski definition) is 1. The van der Waals surface area contributed by atoms with Crippen LogP contribution < -0.4 is 9.64 Å². The van der Waals surface area contributed by atoms with Crippen LogP contribution in [0.1, 0.15) is 24.2 Å². The maximum atomic E-state index is 11.9. The third-order valence-corrected chi connectivity index (χ3v) is 5.36. The Morgan fingerprint density at radius 2 is 1.90 bits per heavy atom. The number of ketones is 1. The van der Waals surface area contributed by atoms with Gasteiger partial charge in [-0.15, -0.1) is 0 Å². The lowest BCUT2D eigenvalue weighted by molar-refractivity contribution is 0.0124. The summed E-state index contributed by atoms with van der Waals surface area (Å²) in [7, 11) is 1.21. The molecule has 0 heterocycles. The summed E-state index contributed by atoms with van der Waals surface area (Å²) in [4.78, 5) is 23.4. The first-order valence-corrected chi connectivity index (χ1v) is 10.7. The number of phosphoric acid groups is 1. The minimum atomic E-state index is -4.12. The molecule has 0 aliphatic carbocycles. The SMILES string of the molecule is CCOP(=O)(O)OCC(COc1cc(C(C)=O)cc2ccc(N(C)C)cc12)OC. The number of nitrogens with zero attached hydrogens (tertiary/aromatic N) is 1. The van der Waals surface area contributed by atoms with Crippen LogP contribution >= 0.6 is 7.82 Å². The number of ether oxygens (including phenoxy) is 2. The summed E-state index contributed by atoms with van der Waals surface area (Å²) in [5.74, 6) is 0.452. The van der Waals surface area contributed by atoms with Gasteiger partial charge in [0.1, 0.15) is 18.5 Å². The van der Waals surface area contributed by atoms with Crippen molar-refractivity contribution < 1.29 is 32.8 Å². The van der Waals surface area contributed by atoms with E-state index < -0.39 is 13.9 Å².